The van der Waals surface area contributed by atoms with Crippen LogP contribution in [-0.4, -0.2) is 27.4 Å². The van der Waals surface area contributed by atoms with Gasteiger partial charge in [0.05, 0.1) is 6.04 Å². The lowest BCUT2D eigenvalue weighted by atomic mass is 9.79. The van der Waals surface area contributed by atoms with Crippen LogP contribution in [0.2, 0.25) is 10.0 Å². The van der Waals surface area contributed by atoms with Crippen molar-refractivity contribution in [2.75, 3.05) is 0 Å². The molecule has 1 aliphatic carbocycles. The zero-order valence-electron chi connectivity index (χ0n) is 20.2. The van der Waals surface area contributed by atoms with E-state index in [2.05, 4.69) is 73.5 Å². The topological polar surface area (TPSA) is 27.6 Å². The van der Waals surface area contributed by atoms with Crippen molar-refractivity contribution in [3.05, 3.63) is 75.8 Å². The number of nitrogens with zero attached hydrogens (tertiary/aromatic N) is 2. The lowest BCUT2D eigenvalue weighted by Gasteiger charge is -2.41. The minimum atomic E-state index is -0.166. The standard InChI is InChI=1S/C28H33Cl2N3S/c1-27(2,3)24(15-13-21-12-14-22(29)18-23(21)30)31-25-28(16-8-5-9-17-28)33(26(34)32-25)19-20-10-6-4-7-11-20/h4,6-7,10-15,18,24H,5,8-9,16-17,19H2,1-3H3,(H,31,32,34). The summed E-state index contributed by atoms with van der Waals surface area (Å²) in [6, 6.07) is 16.1. The van der Waals surface area contributed by atoms with Gasteiger partial charge >= 0.3 is 0 Å². The maximum Gasteiger partial charge on any atom is 0.175 e. The van der Waals surface area contributed by atoms with Crippen LogP contribution >= 0.6 is 35.4 Å². The van der Waals surface area contributed by atoms with Gasteiger partial charge in [-0.25, -0.2) is 0 Å². The largest absolute Gasteiger partial charge is 0.332 e. The van der Waals surface area contributed by atoms with Gasteiger partial charge in [0.2, 0.25) is 0 Å². The van der Waals surface area contributed by atoms with Gasteiger partial charge in [0, 0.05) is 16.6 Å². The fourth-order valence-electron chi connectivity index (χ4n) is 4.89. The molecule has 34 heavy (non-hydrogen) atoms. The molecule has 1 spiro atoms. The molecule has 0 bridgehead atoms. The van der Waals surface area contributed by atoms with E-state index < -0.39 is 0 Å². The molecular weight excluding hydrogens is 481 g/mol. The summed E-state index contributed by atoms with van der Waals surface area (Å²) in [4.78, 5) is 7.73. The Labute approximate surface area is 219 Å². The van der Waals surface area contributed by atoms with Gasteiger partial charge in [-0.15, -0.1) is 0 Å². The molecule has 2 aliphatic rings. The Bertz CT molecular complexity index is 1080. The third-order valence-electron chi connectivity index (χ3n) is 6.87. The van der Waals surface area contributed by atoms with E-state index in [4.69, 9.17) is 40.4 Å². The average molecular weight is 515 g/mol. The first kappa shape index (κ1) is 25.2. The Morgan fingerprint density at radius 1 is 1.09 bits per heavy atom. The van der Waals surface area contributed by atoms with Crippen LogP contribution in [0.3, 0.4) is 0 Å². The molecule has 180 valence electrons. The molecule has 2 fully saturated rings. The number of hydrogen-bond donors (Lipinski definition) is 1. The fraction of sp³-hybridized carbons (Fsp3) is 0.429. The van der Waals surface area contributed by atoms with E-state index >= 15 is 0 Å². The summed E-state index contributed by atoms with van der Waals surface area (Å²) in [6.45, 7) is 7.45. The van der Waals surface area contributed by atoms with Gasteiger partial charge in [-0.1, -0.05) is 112 Å². The molecule has 1 heterocycles. The first-order valence-corrected chi connectivity index (χ1v) is 13.2. The molecule has 3 nitrogen and oxygen atoms in total. The van der Waals surface area contributed by atoms with Gasteiger partial charge in [0.15, 0.2) is 5.11 Å². The molecule has 2 aromatic rings. The van der Waals surface area contributed by atoms with Crippen molar-refractivity contribution in [2.24, 2.45) is 10.4 Å². The first-order valence-electron chi connectivity index (χ1n) is 12.0. The summed E-state index contributed by atoms with van der Waals surface area (Å²) < 4.78 is 0. The first-order chi connectivity index (χ1) is 16.2. The Kier molecular flexibility index (Phi) is 7.71. The maximum atomic E-state index is 6.42. The van der Waals surface area contributed by atoms with Crippen molar-refractivity contribution in [1.82, 2.24) is 10.2 Å². The predicted octanol–water partition coefficient (Wildman–Crippen LogP) is 7.91. The molecule has 0 aromatic heterocycles. The third kappa shape index (κ3) is 5.50. The van der Waals surface area contributed by atoms with Crippen molar-refractivity contribution in [3.63, 3.8) is 0 Å². The molecule has 1 saturated heterocycles. The monoisotopic (exact) mass is 513 g/mol. The van der Waals surface area contributed by atoms with Gasteiger partial charge in [-0.2, -0.15) is 0 Å². The van der Waals surface area contributed by atoms with E-state index in [1.165, 1.54) is 24.8 Å². The summed E-state index contributed by atoms with van der Waals surface area (Å²) in [6.07, 6.45) is 9.98. The van der Waals surface area contributed by atoms with Crippen LogP contribution in [0.15, 0.2) is 59.6 Å². The fourth-order valence-corrected chi connectivity index (χ4v) is 5.70. The summed E-state index contributed by atoms with van der Waals surface area (Å²) in [5, 5.41) is 5.59. The molecule has 0 radical (unpaired) electrons. The molecule has 2 aromatic carbocycles. The molecule has 1 aliphatic heterocycles. The molecule has 1 atom stereocenters. The van der Waals surface area contributed by atoms with E-state index in [0.717, 1.165) is 35.9 Å². The Balaban J connectivity index is 1.69. The van der Waals surface area contributed by atoms with E-state index in [1.54, 1.807) is 6.07 Å². The highest BCUT2D eigenvalue weighted by Crippen LogP contribution is 2.40. The van der Waals surface area contributed by atoms with Crippen LogP contribution < -0.4 is 5.32 Å². The SMILES string of the molecule is CC(C)(C)C(C=Cc1ccc(Cl)cc1Cl)N=C1NC(=S)N(Cc2ccccc2)C12CCCCC2. The molecule has 4 rings (SSSR count). The van der Waals surface area contributed by atoms with Gasteiger partial charge < -0.3 is 10.2 Å². The quantitative estimate of drug-likeness (QED) is 0.411. The summed E-state index contributed by atoms with van der Waals surface area (Å²) in [7, 11) is 0. The number of amidine groups is 1. The number of aliphatic imine (C=N–C) groups is 1. The second-order valence-electron chi connectivity index (χ2n) is 10.4. The van der Waals surface area contributed by atoms with Crippen LogP contribution in [0.4, 0.5) is 0 Å². The maximum absolute atomic E-state index is 6.42. The second-order valence-corrected chi connectivity index (χ2v) is 11.6. The average Bonchev–Trinajstić information content (AvgIpc) is 3.03. The number of halogens is 2. The molecule has 1 saturated carbocycles. The Morgan fingerprint density at radius 2 is 1.79 bits per heavy atom. The van der Waals surface area contributed by atoms with Gasteiger partial charge in [-0.05, 0) is 53.7 Å². The van der Waals surface area contributed by atoms with Gasteiger partial charge in [-0.3, -0.25) is 4.99 Å². The number of nitrogens with one attached hydrogen (secondary N) is 1. The summed E-state index contributed by atoms with van der Waals surface area (Å²) in [5.74, 6) is 1.01. The number of thiocarbonyl (C=S) groups is 1. The number of hydrogen-bond acceptors (Lipinski definition) is 2. The molecule has 6 heteroatoms. The van der Waals surface area contributed by atoms with Crippen molar-refractivity contribution < 1.29 is 0 Å². The summed E-state index contributed by atoms with van der Waals surface area (Å²) >= 11 is 18.4. The van der Waals surface area contributed by atoms with E-state index in [0.29, 0.717) is 10.0 Å². The minimum Gasteiger partial charge on any atom is -0.332 e. The lowest BCUT2D eigenvalue weighted by Crippen LogP contribution is -2.51. The Morgan fingerprint density at radius 3 is 2.44 bits per heavy atom. The smallest absolute Gasteiger partial charge is 0.175 e. The molecular formula is C28H33Cl2N3S. The zero-order valence-corrected chi connectivity index (χ0v) is 22.5. The third-order valence-corrected chi connectivity index (χ3v) is 7.75. The van der Waals surface area contributed by atoms with Crippen molar-refractivity contribution in [2.45, 2.75) is 71.0 Å². The van der Waals surface area contributed by atoms with Crippen LogP contribution in [-0.2, 0) is 6.54 Å². The lowest BCUT2D eigenvalue weighted by molar-refractivity contribution is 0.192. The second kappa shape index (κ2) is 10.4. The van der Waals surface area contributed by atoms with Crippen molar-refractivity contribution >= 4 is 52.4 Å². The van der Waals surface area contributed by atoms with E-state index in [9.17, 15) is 0 Å². The van der Waals surface area contributed by atoms with Crippen molar-refractivity contribution in [1.29, 1.82) is 0 Å². The predicted molar refractivity (Wildman–Crippen MR) is 150 cm³/mol. The van der Waals surface area contributed by atoms with Crippen LogP contribution in [0.25, 0.3) is 6.08 Å². The zero-order chi connectivity index (χ0) is 24.3. The van der Waals surface area contributed by atoms with Crippen LogP contribution in [0, 0.1) is 5.41 Å². The highest BCUT2D eigenvalue weighted by Gasteiger charge is 2.49. The molecule has 1 N–H and O–H groups in total. The minimum absolute atomic E-state index is 0.0416. The van der Waals surface area contributed by atoms with E-state index in [-0.39, 0.29) is 17.0 Å². The number of benzene rings is 2. The molecule has 0 amide bonds. The molecule has 1 unspecified atom stereocenters. The van der Waals surface area contributed by atoms with Gasteiger partial charge in [0.25, 0.3) is 0 Å². The number of rotatable bonds is 5. The Hall–Kier alpha value is -1.88. The highest BCUT2D eigenvalue weighted by molar-refractivity contribution is 7.80. The normalized spacial score (nSPS) is 20.3. The van der Waals surface area contributed by atoms with Crippen molar-refractivity contribution in [3.8, 4) is 0 Å². The van der Waals surface area contributed by atoms with Crippen LogP contribution in [0.5, 0.6) is 0 Å². The summed E-state index contributed by atoms with van der Waals surface area (Å²) in [5.41, 5.74) is 1.96. The van der Waals surface area contributed by atoms with Gasteiger partial charge in [0.1, 0.15) is 11.4 Å². The van der Waals surface area contributed by atoms with E-state index in [1.807, 2.05) is 12.1 Å². The van der Waals surface area contributed by atoms with Crippen LogP contribution in [0.1, 0.15) is 64.0 Å². The highest BCUT2D eigenvalue weighted by atomic mass is 35.5.